The van der Waals surface area contributed by atoms with E-state index in [1.54, 1.807) is 0 Å². The van der Waals surface area contributed by atoms with Crippen molar-refractivity contribution in [1.29, 1.82) is 0 Å². The third-order valence-corrected chi connectivity index (χ3v) is 3.87. The van der Waals surface area contributed by atoms with Gasteiger partial charge in [-0.3, -0.25) is 10.1 Å². The molecule has 0 aromatic heterocycles. The van der Waals surface area contributed by atoms with Crippen molar-refractivity contribution in [2.75, 3.05) is 7.11 Å². The highest BCUT2D eigenvalue weighted by Crippen LogP contribution is 2.43. The molecule has 0 bridgehead atoms. The monoisotopic (exact) mass is 225 g/mol. The Balaban J connectivity index is 2.15. The molecule has 2 saturated carbocycles. The van der Waals surface area contributed by atoms with Gasteiger partial charge >= 0.3 is 5.97 Å². The fraction of sp³-hybridized carbons (Fsp3) is 0.923. The second-order valence-electron chi connectivity index (χ2n) is 6.19. The van der Waals surface area contributed by atoms with Crippen molar-refractivity contribution in [3.63, 3.8) is 0 Å². The molecule has 1 unspecified atom stereocenters. The predicted molar refractivity (Wildman–Crippen MR) is 63.2 cm³/mol. The maximum Gasteiger partial charge on any atom is 0.326 e. The topological polar surface area (TPSA) is 38.3 Å². The van der Waals surface area contributed by atoms with Gasteiger partial charge in [0.15, 0.2) is 0 Å². The van der Waals surface area contributed by atoms with Gasteiger partial charge in [-0.05, 0) is 37.5 Å². The van der Waals surface area contributed by atoms with E-state index in [1.165, 1.54) is 26.4 Å². The molecular weight excluding hydrogens is 202 g/mol. The molecule has 0 saturated heterocycles. The third-order valence-electron chi connectivity index (χ3n) is 3.87. The summed E-state index contributed by atoms with van der Waals surface area (Å²) in [7, 11) is 1.50. The lowest BCUT2D eigenvalue weighted by Gasteiger charge is -2.43. The number of hydrogen-bond acceptors (Lipinski definition) is 3. The van der Waals surface area contributed by atoms with Crippen LogP contribution < -0.4 is 5.32 Å². The first-order valence-corrected chi connectivity index (χ1v) is 6.34. The molecule has 3 nitrogen and oxygen atoms in total. The Morgan fingerprint density at radius 1 is 1.31 bits per heavy atom. The van der Waals surface area contributed by atoms with Gasteiger partial charge in [0.1, 0.15) is 5.54 Å². The highest BCUT2D eigenvalue weighted by atomic mass is 16.5. The largest absolute Gasteiger partial charge is 0.468 e. The van der Waals surface area contributed by atoms with Crippen LogP contribution in [-0.4, -0.2) is 24.7 Å². The molecule has 3 heteroatoms. The van der Waals surface area contributed by atoms with Gasteiger partial charge in [0, 0.05) is 6.04 Å². The molecule has 0 amide bonds. The maximum atomic E-state index is 12.1. The molecule has 2 aliphatic carbocycles. The first-order chi connectivity index (χ1) is 7.47. The summed E-state index contributed by atoms with van der Waals surface area (Å²) in [5.74, 6) is -0.0628. The molecule has 0 aliphatic heterocycles. The van der Waals surface area contributed by atoms with Crippen molar-refractivity contribution in [2.24, 2.45) is 5.41 Å². The Morgan fingerprint density at radius 3 is 2.50 bits per heavy atom. The van der Waals surface area contributed by atoms with Gasteiger partial charge in [0.2, 0.25) is 0 Å². The summed E-state index contributed by atoms with van der Waals surface area (Å²) in [5.41, 5.74) is -0.161. The molecule has 92 valence electrons. The zero-order chi connectivity index (χ0) is 11.8. The van der Waals surface area contributed by atoms with Crippen LogP contribution in [0.2, 0.25) is 0 Å². The summed E-state index contributed by atoms with van der Waals surface area (Å²) in [4.78, 5) is 12.1. The Labute approximate surface area is 97.9 Å². The normalized spacial score (nSPS) is 33.4. The van der Waals surface area contributed by atoms with Crippen molar-refractivity contribution in [1.82, 2.24) is 5.32 Å². The van der Waals surface area contributed by atoms with E-state index in [0.29, 0.717) is 6.04 Å². The second kappa shape index (κ2) is 4.02. The van der Waals surface area contributed by atoms with Crippen molar-refractivity contribution in [3.05, 3.63) is 0 Å². The lowest BCUT2D eigenvalue weighted by atomic mass is 9.68. The van der Waals surface area contributed by atoms with Crippen LogP contribution in [0.1, 0.15) is 52.4 Å². The summed E-state index contributed by atoms with van der Waals surface area (Å²) >= 11 is 0. The highest BCUT2D eigenvalue weighted by molar-refractivity contribution is 5.81. The van der Waals surface area contributed by atoms with E-state index in [2.05, 4.69) is 19.2 Å². The summed E-state index contributed by atoms with van der Waals surface area (Å²) in [6.45, 7) is 4.50. The molecule has 2 rings (SSSR count). The van der Waals surface area contributed by atoms with Gasteiger partial charge < -0.3 is 4.74 Å². The van der Waals surface area contributed by atoms with E-state index in [0.717, 1.165) is 19.3 Å². The number of rotatable bonds is 3. The molecular formula is C13H23NO2. The van der Waals surface area contributed by atoms with Crippen LogP contribution in [0, 0.1) is 5.41 Å². The van der Waals surface area contributed by atoms with Gasteiger partial charge in [0.25, 0.3) is 0 Å². The quantitative estimate of drug-likeness (QED) is 0.749. The van der Waals surface area contributed by atoms with Crippen molar-refractivity contribution >= 4 is 5.97 Å². The summed E-state index contributed by atoms with van der Waals surface area (Å²) in [5, 5.41) is 3.54. The first kappa shape index (κ1) is 11.9. The zero-order valence-electron chi connectivity index (χ0n) is 10.6. The molecule has 0 aromatic rings. The average molecular weight is 225 g/mol. The minimum atomic E-state index is -0.405. The van der Waals surface area contributed by atoms with Gasteiger partial charge in [-0.25, -0.2) is 0 Å². The van der Waals surface area contributed by atoms with Gasteiger partial charge in [0.05, 0.1) is 7.11 Å². The van der Waals surface area contributed by atoms with Crippen LogP contribution in [0.4, 0.5) is 0 Å². The molecule has 1 N–H and O–H groups in total. The summed E-state index contributed by atoms with van der Waals surface area (Å²) in [6, 6.07) is 0.549. The van der Waals surface area contributed by atoms with E-state index in [4.69, 9.17) is 4.74 Å². The van der Waals surface area contributed by atoms with Crippen molar-refractivity contribution in [3.8, 4) is 0 Å². The SMILES string of the molecule is COC(=O)C1(NC2CC2)CCCC(C)(C)C1. The molecule has 2 fully saturated rings. The first-order valence-electron chi connectivity index (χ1n) is 6.34. The van der Waals surface area contributed by atoms with E-state index in [9.17, 15) is 4.79 Å². The smallest absolute Gasteiger partial charge is 0.326 e. The Bertz CT molecular complexity index is 284. The standard InChI is InChI=1S/C13H23NO2/c1-12(2)7-4-8-13(9-12,11(15)16-3)14-10-5-6-10/h10,14H,4-9H2,1-3H3. The number of carbonyl (C=O) groups is 1. The van der Waals surface area contributed by atoms with Gasteiger partial charge in [-0.2, -0.15) is 0 Å². The minimum absolute atomic E-state index is 0.0628. The number of nitrogens with one attached hydrogen (secondary N) is 1. The Morgan fingerprint density at radius 2 is 2.00 bits per heavy atom. The Hall–Kier alpha value is -0.570. The van der Waals surface area contributed by atoms with Crippen molar-refractivity contribution in [2.45, 2.75) is 64.0 Å². The van der Waals surface area contributed by atoms with Gasteiger partial charge in [-0.15, -0.1) is 0 Å². The van der Waals surface area contributed by atoms with Crippen molar-refractivity contribution < 1.29 is 9.53 Å². The minimum Gasteiger partial charge on any atom is -0.468 e. The van der Waals surface area contributed by atoms with Crippen LogP contribution >= 0.6 is 0 Å². The lowest BCUT2D eigenvalue weighted by Crippen LogP contribution is -2.57. The molecule has 0 aromatic carbocycles. The molecule has 1 atom stereocenters. The van der Waals surface area contributed by atoms with Crippen LogP contribution in [0.25, 0.3) is 0 Å². The lowest BCUT2D eigenvalue weighted by molar-refractivity contribution is -0.152. The summed E-state index contributed by atoms with van der Waals surface area (Å²) < 4.78 is 5.01. The molecule has 0 spiro atoms. The molecule has 2 aliphatic rings. The fourth-order valence-corrected chi connectivity index (χ4v) is 3.03. The maximum absolute atomic E-state index is 12.1. The highest BCUT2D eigenvalue weighted by Gasteiger charge is 2.48. The third kappa shape index (κ3) is 2.40. The van der Waals surface area contributed by atoms with E-state index >= 15 is 0 Å². The summed E-state index contributed by atoms with van der Waals surface area (Å²) in [6.07, 6.45) is 6.57. The van der Waals surface area contributed by atoms with Gasteiger partial charge in [-0.1, -0.05) is 20.3 Å². The molecule has 0 heterocycles. The number of esters is 1. The van der Waals surface area contributed by atoms with Crippen LogP contribution in [-0.2, 0) is 9.53 Å². The van der Waals surface area contributed by atoms with Crippen LogP contribution in [0.3, 0.4) is 0 Å². The predicted octanol–water partition coefficient (Wildman–Crippen LogP) is 2.25. The number of methoxy groups -OCH3 is 1. The second-order valence-corrected chi connectivity index (χ2v) is 6.19. The molecule has 16 heavy (non-hydrogen) atoms. The van der Waals surface area contributed by atoms with E-state index in [1.807, 2.05) is 0 Å². The van der Waals surface area contributed by atoms with E-state index < -0.39 is 5.54 Å². The average Bonchev–Trinajstić information content (AvgIpc) is 2.98. The zero-order valence-corrected chi connectivity index (χ0v) is 10.6. The molecule has 0 radical (unpaired) electrons. The number of ether oxygens (including phenoxy) is 1. The van der Waals surface area contributed by atoms with Crippen LogP contribution in [0.15, 0.2) is 0 Å². The fourth-order valence-electron chi connectivity index (χ4n) is 3.03. The van der Waals surface area contributed by atoms with Crippen LogP contribution in [0.5, 0.6) is 0 Å². The number of hydrogen-bond donors (Lipinski definition) is 1. The van der Waals surface area contributed by atoms with E-state index in [-0.39, 0.29) is 11.4 Å². The Kier molecular flexibility index (Phi) is 2.99. The number of carbonyl (C=O) groups excluding carboxylic acids is 1.